The molecular weight excluding hydrogens is 504 g/mol. The summed E-state index contributed by atoms with van der Waals surface area (Å²) >= 11 is 0. The Labute approximate surface area is 238 Å². The minimum Gasteiger partial charge on any atom is -0.493 e. The van der Waals surface area contributed by atoms with E-state index in [1.807, 2.05) is 0 Å². The standard InChI is InChI=1S/C34H42O6/c1-35-31-21-29(19-25-11-3-5-13-27(25)23-39-33-15-7-9-17-37-33)30(22-32(31)36-2)20-26-12-4-6-14-28(26)24-40-34-16-8-10-18-38-34/h3-6,11-14,21-22,33-34H,7-10,15-20,23-24H2,1-2H3. The largest absolute Gasteiger partial charge is 0.493 e. The van der Waals surface area contributed by atoms with E-state index in [-0.39, 0.29) is 12.6 Å². The summed E-state index contributed by atoms with van der Waals surface area (Å²) in [5.74, 6) is 1.47. The van der Waals surface area contributed by atoms with Gasteiger partial charge in [-0.15, -0.1) is 0 Å². The van der Waals surface area contributed by atoms with E-state index in [1.165, 1.54) is 33.4 Å². The van der Waals surface area contributed by atoms with Crippen LogP contribution in [-0.4, -0.2) is 40.0 Å². The Balaban J connectivity index is 1.38. The number of hydrogen-bond acceptors (Lipinski definition) is 6. The van der Waals surface area contributed by atoms with E-state index in [0.29, 0.717) is 13.2 Å². The molecule has 40 heavy (non-hydrogen) atoms. The van der Waals surface area contributed by atoms with Gasteiger partial charge in [0.15, 0.2) is 24.1 Å². The van der Waals surface area contributed by atoms with Gasteiger partial charge in [-0.3, -0.25) is 0 Å². The first-order chi connectivity index (χ1) is 19.7. The zero-order valence-corrected chi connectivity index (χ0v) is 23.9. The molecule has 2 heterocycles. The highest BCUT2D eigenvalue weighted by atomic mass is 16.7. The predicted octanol–water partition coefficient (Wildman–Crippen LogP) is 6.97. The van der Waals surface area contributed by atoms with E-state index in [9.17, 15) is 0 Å². The van der Waals surface area contributed by atoms with Gasteiger partial charge in [0.2, 0.25) is 0 Å². The summed E-state index contributed by atoms with van der Waals surface area (Å²) in [6, 6.07) is 21.2. The number of methoxy groups -OCH3 is 2. The fourth-order valence-corrected chi connectivity index (χ4v) is 5.49. The molecule has 0 N–H and O–H groups in total. The van der Waals surface area contributed by atoms with Gasteiger partial charge in [-0.1, -0.05) is 48.5 Å². The van der Waals surface area contributed by atoms with Crippen molar-refractivity contribution in [3.05, 3.63) is 94.0 Å². The maximum absolute atomic E-state index is 6.16. The zero-order valence-electron chi connectivity index (χ0n) is 23.9. The molecule has 2 aliphatic rings. The number of ether oxygens (including phenoxy) is 6. The van der Waals surface area contributed by atoms with Gasteiger partial charge in [0.25, 0.3) is 0 Å². The van der Waals surface area contributed by atoms with Gasteiger partial charge in [-0.05, 0) is 96.9 Å². The van der Waals surface area contributed by atoms with Crippen LogP contribution in [0.15, 0.2) is 60.7 Å². The Bertz CT molecular complexity index is 1120. The van der Waals surface area contributed by atoms with Crippen molar-refractivity contribution in [2.24, 2.45) is 0 Å². The van der Waals surface area contributed by atoms with Gasteiger partial charge >= 0.3 is 0 Å². The highest BCUT2D eigenvalue weighted by Gasteiger charge is 2.19. The molecule has 0 aliphatic carbocycles. The Kier molecular flexibility index (Phi) is 10.5. The molecule has 5 rings (SSSR count). The van der Waals surface area contributed by atoms with Crippen molar-refractivity contribution in [1.29, 1.82) is 0 Å². The van der Waals surface area contributed by atoms with Crippen molar-refractivity contribution in [2.45, 2.75) is 77.2 Å². The molecule has 214 valence electrons. The topological polar surface area (TPSA) is 55.4 Å². The van der Waals surface area contributed by atoms with Gasteiger partial charge in [-0.25, -0.2) is 0 Å². The van der Waals surface area contributed by atoms with Crippen LogP contribution in [0.1, 0.15) is 71.9 Å². The molecule has 0 spiro atoms. The van der Waals surface area contributed by atoms with E-state index >= 15 is 0 Å². The van der Waals surface area contributed by atoms with Crippen molar-refractivity contribution < 1.29 is 28.4 Å². The molecule has 2 fully saturated rings. The SMILES string of the molecule is COc1cc(Cc2ccccc2COC2CCCCO2)c(Cc2ccccc2COC2CCCCO2)cc1OC. The molecule has 0 aromatic heterocycles. The molecule has 2 saturated heterocycles. The maximum Gasteiger partial charge on any atom is 0.161 e. The second-order valence-corrected chi connectivity index (χ2v) is 10.6. The van der Waals surface area contributed by atoms with E-state index in [4.69, 9.17) is 28.4 Å². The van der Waals surface area contributed by atoms with Crippen LogP contribution in [0.5, 0.6) is 11.5 Å². The first-order valence-electron chi connectivity index (χ1n) is 14.6. The summed E-state index contributed by atoms with van der Waals surface area (Å²) in [6.45, 7) is 2.63. The molecule has 3 aromatic carbocycles. The van der Waals surface area contributed by atoms with Crippen molar-refractivity contribution in [3.63, 3.8) is 0 Å². The average Bonchev–Trinajstić information content (AvgIpc) is 3.01. The minimum absolute atomic E-state index is 0.115. The Morgan fingerprint density at radius 2 is 1.00 bits per heavy atom. The quantitative estimate of drug-likeness (QED) is 0.245. The zero-order chi connectivity index (χ0) is 27.6. The number of hydrogen-bond donors (Lipinski definition) is 0. The highest BCUT2D eigenvalue weighted by molar-refractivity contribution is 5.51. The Morgan fingerprint density at radius 1 is 0.575 bits per heavy atom. The lowest BCUT2D eigenvalue weighted by Crippen LogP contribution is -2.22. The number of benzene rings is 3. The lowest BCUT2D eigenvalue weighted by Gasteiger charge is -2.24. The van der Waals surface area contributed by atoms with Crippen LogP contribution in [0.25, 0.3) is 0 Å². The normalized spacial score (nSPS) is 19.4. The molecule has 3 aromatic rings. The van der Waals surface area contributed by atoms with Crippen LogP contribution in [0.4, 0.5) is 0 Å². The van der Waals surface area contributed by atoms with Gasteiger partial charge in [0.05, 0.1) is 27.4 Å². The summed E-state index contributed by atoms with van der Waals surface area (Å²) in [4.78, 5) is 0. The first kappa shape index (κ1) is 28.6. The van der Waals surface area contributed by atoms with Gasteiger partial charge in [0.1, 0.15) is 0 Å². The second kappa shape index (κ2) is 14.6. The molecule has 6 heteroatoms. The Morgan fingerprint density at radius 3 is 1.38 bits per heavy atom. The van der Waals surface area contributed by atoms with Gasteiger partial charge < -0.3 is 28.4 Å². The summed E-state index contributed by atoms with van der Waals surface area (Å²) in [6.07, 6.45) is 7.74. The van der Waals surface area contributed by atoms with Gasteiger partial charge in [0, 0.05) is 13.2 Å². The summed E-state index contributed by atoms with van der Waals surface area (Å²) in [5, 5.41) is 0. The summed E-state index contributed by atoms with van der Waals surface area (Å²) in [5.41, 5.74) is 7.23. The molecule has 6 nitrogen and oxygen atoms in total. The maximum atomic E-state index is 6.16. The molecule has 2 unspecified atom stereocenters. The molecule has 0 radical (unpaired) electrons. The van der Waals surface area contributed by atoms with Crippen LogP contribution in [-0.2, 0) is 45.0 Å². The molecule has 0 bridgehead atoms. The minimum atomic E-state index is -0.115. The fraction of sp³-hybridized carbons (Fsp3) is 0.471. The molecule has 2 aliphatic heterocycles. The van der Waals surface area contributed by atoms with Crippen molar-refractivity contribution in [3.8, 4) is 11.5 Å². The monoisotopic (exact) mass is 546 g/mol. The van der Waals surface area contributed by atoms with Crippen molar-refractivity contribution in [2.75, 3.05) is 27.4 Å². The first-order valence-corrected chi connectivity index (χ1v) is 14.6. The molecule has 0 saturated carbocycles. The van der Waals surface area contributed by atoms with E-state index in [1.54, 1.807) is 14.2 Å². The fourth-order valence-electron chi connectivity index (χ4n) is 5.49. The lowest BCUT2D eigenvalue weighted by atomic mass is 9.91. The van der Waals surface area contributed by atoms with Crippen molar-refractivity contribution in [1.82, 2.24) is 0 Å². The predicted molar refractivity (Wildman–Crippen MR) is 155 cm³/mol. The van der Waals surface area contributed by atoms with E-state index in [0.717, 1.165) is 76.1 Å². The summed E-state index contributed by atoms with van der Waals surface area (Å²) < 4.78 is 35.3. The lowest BCUT2D eigenvalue weighted by molar-refractivity contribution is -0.169. The summed E-state index contributed by atoms with van der Waals surface area (Å²) in [7, 11) is 3.38. The third-order valence-electron chi connectivity index (χ3n) is 7.83. The van der Waals surface area contributed by atoms with Crippen LogP contribution >= 0.6 is 0 Å². The Hall–Kier alpha value is -2.90. The highest BCUT2D eigenvalue weighted by Crippen LogP contribution is 2.34. The molecule has 2 atom stereocenters. The third kappa shape index (κ3) is 7.64. The van der Waals surface area contributed by atoms with Crippen LogP contribution in [0.2, 0.25) is 0 Å². The number of rotatable bonds is 12. The van der Waals surface area contributed by atoms with Crippen LogP contribution in [0, 0.1) is 0 Å². The van der Waals surface area contributed by atoms with Crippen LogP contribution < -0.4 is 9.47 Å². The van der Waals surface area contributed by atoms with Gasteiger partial charge in [-0.2, -0.15) is 0 Å². The average molecular weight is 547 g/mol. The molecule has 0 amide bonds. The molecular formula is C34H42O6. The smallest absolute Gasteiger partial charge is 0.161 e. The second-order valence-electron chi connectivity index (χ2n) is 10.6. The van der Waals surface area contributed by atoms with E-state index in [2.05, 4.69) is 60.7 Å². The van der Waals surface area contributed by atoms with Crippen molar-refractivity contribution >= 4 is 0 Å². The van der Waals surface area contributed by atoms with E-state index < -0.39 is 0 Å². The van der Waals surface area contributed by atoms with Crippen LogP contribution in [0.3, 0.4) is 0 Å². The third-order valence-corrected chi connectivity index (χ3v) is 7.83.